The highest BCUT2D eigenvalue weighted by atomic mass is 16.5. The maximum atomic E-state index is 12.7. The molecule has 0 unspecified atom stereocenters. The second-order valence-electron chi connectivity index (χ2n) is 7.08. The van der Waals surface area contributed by atoms with Crippen LogP contribution >= 0.6 is 0 Å². The second kappa shape index (κ2) is 8.52. The van der Waals surface area contributed by atoms with Gasteiger partial charge in [-0.25, -0.2) is 4.98 Å². The minimum absolute atomic E-state index is 0.0104. The number of hydrogen-bond donors (Lipinski definition) is 1. The first-order valence-electron chi connectivity index (χ1n) is 9.49. The van der Waals surface area contributed by atoms with Crippen molar-refractivity contribution in [1.29, 1.82) is 0 Å². The molecular weight excluding hydrogens is 344 g/mol. The molecule has 7 heteroatoms. The van der Waals surface area contributed by atoms with E-state index in [1.807, 2.05) is 38.2 Å². The van der Waals surface area contributed by atoms with E-state index in [0.717, 1.165) is 16.9 Å². The minimum atomic E-state index is -0.181. The van der Waals surface area contributed by atoms with Crippen molar-refractivity contribution < 1.29 is 14.3 Å². The van der Waals surface area contributed by atoms with E-state index in [1.54, 1.807) is 12.0 Å². The standard InChI is InChI=1S/C20H28N4O3/c1-14-15(8-9-19(25)24(14)12-13-27-3)20(26)21-11-10-18-22-16-6-4-5-7-17(16)23(18)2/h4-7,14-15H,8-13H2,1-3H3,(H,21,26)/t14-,15-/m1/s1. The molecule has 2 atom stereocenters. The Bertz CT molecular complexity index is 817. The van der Waals surface area contributed by atoms with Crippen LogP contribution in [-0.2, 0) is 27.8 Å². The van der Waals surface area contributed by atoms with Gasteiger partial charge in [-0.2, -0.15) is 0 Å². The van der Waals surface area contributed by atoms with E-state index >= 15 is 0 Å². The van der Waals surface area contributed by atoms with Crippen molar-refractivity contribution in [2.45, 2.75) is 32.2 Å². The van der Waals surface area contributed by atoms with Crippen molar-refractivity contribution in [2.75, 3.05) is 26.8 Å². The number of amides is 2. The smallest absolute Gasteiger partial charge is 0.225 e. The first kappa shape index (κ1) is 19.4. The second-order valence-corrected chi connectivity index (χ2v) is 7.08. The molecule has 1 fully saturated rings. The van der Waals surface area contributed by atoms with Gasteiger partial charge in [-0.05, 0) is 25.5 Å². The molecule has 1 N–H and O–H groups in total. The maximum absolute atomic E-state index is 12.7. The van der Waals surface area contributed by atoms with Crippen LogP contribution in [0.25, 0.3) is 11.0 Å². The average molecular weight is 372 g/mol. The SMILES string of the molecule is COCCN1C(=O)CC[C@@H](C(=O)NCCc2nc3ccccc3n2C)[C@H]1C. The van der Waals surface area contributed by atoms with Gasteiger partial charge in [-0.1, -0.05) is 12.1 Å². The van der Waals surface area contributed by atoms with Gasteiger partial charge < -0.3 is 19.5 Å². The zero-order chi connectivity index (χ0) is 19.4. The van der Waals surface area contributed by atoms with Gasteiger partial charge >= 0.3 is 0 Å². The van der Waals surface area contributed by atoms with E-state index in [0.29, 0.717) is 39.0 Å². The molecule has 27 heavy (non-hydrogen) atoms. The van der Waals surface area contributed by atoms with Crippen molar-refractivity contribution >= 4 is 22.8 Å². The summed E-state index contributed by atoms with van der Waals surface area (Å²) in [6.45, 7) is 3.49. The molecule has 0 bridgehead atoms. The van der Waals surface area contributed by atoms with Crippen LogP contribution in [0.5, 0.6) is 0 Å². The molecule has 1 aliphatic heterocycles. The largest absolute Gasteiger partial charge is 0.383 e. The van der Waals surface area contributed by atoms with E-state index in [-0.39, 0.29) is 23.8 Å². The Hall–Kier alpha value is -2.41. The van der Waals surface area contributed by atoms with Crippen molar-refractivity contribution in [1.82, 2.24) is 19.8 Å². The fraction of sp³-hybridized carbons (Fsp3) is 0.550. The number of aromatic nitrogens is 2. The summed E-state index contributed by atoms with van der Waals surface area (Å²) < 4.78 is 7.15. The van der Waals surface area contributed by atoms with Gasteiger partial charge in [0.1, 0.15) is 5.82 Å². The number of aryl methyl sites for hydroxylation is 1. The van der Waals surface area contributed by atoms with Crippen molar-refractivity contribution in [2.24, 2.45) is 13.0 Å². The Morgan fingerprint density at radius 1 is 1.37 bits per heavy atom. The number of fused-ring (bicyclic) bond motifs is 1. The number of rotatable bonds is 7. The van der Waals surface area contributed by atoms with Gasteiger partial charge in [-0.3, -0.25) is 9.59 Å². The Kier molecular flexibility index (Phi) is 6.11. The monoisotopic (exact) mass is 372 g/mol. The molecule has 0 radical (unpaired) electrons. The number of ether oxygens (including phenoxy) is 1. The summed E-state index contributed by atoms with van der Waals surface area (Å²) in [7, 11) is 3.61. The Labute approximate surface area is 159 Å². The van der Waals surface area contributed by atoms with Crippen LogP contribution < -0.4 is 5.32 Å². The quantitative estimate of drug-likeness (QED) is 0.799. The number of piperidine rings is 1. The highest BCUT2D eigenvalue weighted by Gasteiger charge is 2.36. The van der Waals surface area contributed by atoms with Gasteiger partial charge in [0.2, 0.25) is 11.8 Å². The Balaban J connectivity index is 1.56. The molecular formula is C20H28N4O3. The molecule has 2 aromatic rings. The predicted molar refractivity (Wildman–Crippen MR) is 103 cm³/mol. The molecule has 2 amide bonds. The summed E-state index contributed by atoms with van der Waals surface area (Å²) in [5, 5.41) is 3.03. The van der Waals surface area contributed by atoms with Crippen LogP contribution in [0.1, 0.15) is 25.6 Å². The fourth-order valence-corrected chi connectivity index (χ4v) is 3.82. The van der Waals surface area contributed by atoms with E-state index in [2.05, 4.69) is 14.9 Å². The third-order valence-corrected chi connectivity index (χ3v) is 5.46. The third-order valence-electron chi connectivity index (χ3n) is 5.46. The summed E-state index contributed by atoms with van der Waals surface area (Å²) in [6.07, 6.45) is 1.68. The highest BCUT2D eigenvalue weighted by Crippen LogP contribution is 2.24. The van der Waals surface area contributed by atoms with Gasteiger partial charge in [0, 0.05) is 46.1 Å². The van der Waals surface area contributed by atoms with Crippen LogP contribution in [0.4, 0.5) is 0 Å². The Morgan fingerprint density at radius 2 is 2.15 bits per heavy atom. The lowest BCUT2D eigenvalue weighted by atomic mass is 9.89. The summed E-state index contributed by atoms with van der Waals surface area (Å²) in [6, 6.07) is 7.89. The first-order chi connectivity index (χ1) is 13.0. The van der Waals surface area contributed by atoms with Crippen LogP contribution in [0.15, 0.2) is 24.3 Å². The molecule has 0 aliphatic carbocycles. The van der Waals surface area contributed by atoms with Gasteiger partial charge in [-0.15, -0.1) is 0 Å². The van der Waals surface area contributed by atoms with Gasteiger partial charge in [0.25, 0.3) is 0 Å². The third kappa shape index (κ3) is 4.13. The molecule has 3 rings (SSSR count). The van der Waals surface area contributed by atoms with E-state index in [1.165, 1.54) is 0 Å². The number of carbonyl (C=O) groups is 2. The molecule has 1 aromatic heterocycles. The van der Waals surface area contributed by atoms with E-state index in [9.17, 15) is 9.59 Å². The molecule has 0 saturated carbocycles. The molecule has 1 saturated heterocycles. The Morgan fingerprint density at radius 3 is 2.89 bits per heavy atom. The maximum Gasteiger partial charge on any atom is 0.225 e. The van der Waals surface area contributed by atoms with E-state index in [4.69, 9.17) is 4.74 Å². The topological polar surface area (TPSA) is 76.5 Å². The number of likely N-dealkylation sites (tertiary alicyclic amines) is 1. The molecule has 1 aliphatic rings. The van der Waals surface area contributed by atoms with Crippen LogP contribution in [-0.4, -0.2) is 59.1 Å². The zero-order valence-corrected chi connectivity index (χ0v) is 16.3. The lowest BCUT2D eigenvalue weighted by Gasteiger charge is -2.38. The predicted octanol–water partition coefficient (Wildman–Crippen LogP) is 1.51. The molecule has 7 nitrogen and oxygen atoms in total. The number of para-hydroxylation sites is 2. The van der Waals surface area contributed by atoms with E-state index < -0.39 is 0 Å². The number of methoxy groups -OCH3 is 1. The number of nitrogens with one attached hydrogen (secondary N) is 1. The summed E-state index contributed by atoms with van der Waals surface area (Å²) in [5.41, 5.74) is 2.06. The lowest BCUT2D eigenvalue weighted by molar-refractivity contribution is -0.143. The number of benzene rings is 1. The van der Waals surface area contributed by atoms with Gasteiger partial charge in [0.15, 0.2) is 0 Å². The fourth-order valence-electron chi connectivity index (χ4n) is 3.82. The van der Waals surface area contributed by atoms with Crippen LogP contribution in [0.3, 0.4) is 0 Å². The summed E-state index contributed by atoms with van der Waals surface area (Å²) in [4.78, 5) is 31.2. The van der Waals surface area contributed by atoms with Crippen LogP contribution in [0, 0.1) is 5.92 Å². The number of nitrogens with zero attached hydrogens (tertiary/aromatic N) is 3. The highest BCUT2D eigenvalue weighted by molar-refractivity contribution is 5.84. The number of carbonyl (C=O) groups excluding carboxylic acids is 2. The minimum Gasteiger partial charge on any atom is -0.383 e. The lowest BCUT2D eigenvalue weighted by Crippen LogP contribution is -2.52. The molecule has 1 aromatic carbocycles. The molecule has 0 spiro atoms. The average Bonchev–Trinajstić information content (AvgIpc) is 2.98. The summed E-state index contributed by atoms with van der Waals surface area (Å²) in [5.74, 6) is 0.879. The number of imidazole rings is 1. The van der Waals surface area contributed by atoms with Gasteiger partial charge in [0.05, 0.1) is 23.6 Å². The van der Waals surface area contributed by atoms with Crippen molar-refractivity contribution in [3.63, 3.8) is 0 Å². The zero-order valence-electron chi connectivity index (χ0n) is 16.3. The summed E-state index contributed by atoms with van der Waals surface area (Å²) >= 11 is 0. The van der Waals surface area contributed by atoms with Crippen molar-refractivity contribution in [3.05, 3.63) is 30.1 Å². The molecule has 2 heterocycles. The first-order valence-corrected chi connectivity index (χ1v) is 9.49. The number of hydrogen-bond acceptors (Lipinski definition) is 4. The van der Waals surface area contributed by atoms with Crippen LogP contribution in [0.2, 0.25) is 0 Å². The normalized spacial score (nSPS) is 20.3. The molecule has 146 valence electrons. The van der Waals surface area contributed by atoms with Crippen molar-refractivity contribution in [3.8, 4) is 0 Å².